The smallest absolute Gasteiger partial charge is 0.275 e. The Morgan fingerprint density at radius 3 is 2.76 bits per heavy atom. The largest absolute Gasteiger partial charge is 0.342 e. The molecule has 3 aromatic heterocycles. The lowest BCUT2D eigenvalue weighted by molar-refractivity contribution is 0.102. The molecule has 152 valence electrons. The van der Waals surface area contributed by atoms with Crippen molar-refractivity contribution in [3.05, 3.63) is 48.1 Å². The minimum atomic E-state index is -0.501. The first-order valence-corrected chi connectivity index (χ1v) is 9.71. The van der Waals surface area contributed by atoms with Gasteiger partial charge in [0.25, 0.3) is 5.91 Å². The molecule has 9 heteroatoms. The summed E-state index contributed by atoms with van der Waals surface area (Å²) in [6.07, 6.45) is 9.90. The van der Waals surface area contributed by atoms with E-state index in [2.05, 4.69) is 37.1 Å². The third-order valence-electron chi connectivity index (χ3n) is 4.96. The van der Waals surface area contributed by atoms with E-state index in [1.807, 2.05) is 0 Å². The highest BCUT2D eigenvalue weighted by Gasteiger charge is 2.16. The molecule has 1 aliphatic rings. The normalized spacial score (nSPS) is 15.9. The summed E-state index contributed by atoms with van der Waals surface area (Å²) in [5.74, 6) is -0.195. The highest BCUT2D eigenvalue weighted by molar-refractivity contribution is 6.02. The molecule has 3 aromatic rings. The summed E-state index contributed by atoms with van der Waals surface area (Å²) in [6.45, 7) is 4.53. The van der Waals surface area contributed by atoms with Gasteiger partial charge in [-0.25, -0.2) is 19.3 Å². The van der Waals surface area contributed by atoms with Crippen LogP contribution in [0.5, 0.6) is 0 Å². The molecule has 0 spiro atoms. The highest BCUT2D eigenvalue weighted by atomic mass is 19.1. The number of halogens is 1. The van der Waals surface area contributed by atoms with Crippen molar-refractivity contribution in [2.75, 3.05) is 37.0 Å². The number of rotatable bonds is 3. The van der Waals surface area contributed by atoms with E-state index in [-0.39, 0.29) is 11.3 Å². The number of amides is 1. The van der Waals surface area contributed by atoms with Gasteiger partial charge >= 0.3 is 0 Å². The zero-order valence-corrected chi connectivity index (χ0v) is 16.6. The number of nitrogens with zero attached hydrogens (tertiary/aromatic N) is 6. The predicted molar refractivity (Wildman–Crippen MR) is 109 cm³/mol. The Labute approximate surface area is 168 Å². The van der Waals surface area contributed by atoms with E-state index in [0.717, 1.165) is 32.0 Å². The van der Waals surface area contributed by atoms with Crippen molar-refractivity contribution < 1.29 is 9.18 Å². The molecule has 4 heterocycles. The molecule has 0 aromatic carbocycles. The van der Waals surface area contributed by atoms with Crippen LogP contribution in [0.25, 0.3) is 5.65 Å². The van der Waals surface area contributed by atoms with Crippen molar-refractivity contribution in [1.29, 1.82) is 0 Å². The third-order valence-corrected chi connectivity index (χ3v) is 4.96. The predicted octanol–water partition coefficient (Wildman–Crippen LogP) is 2.70. The van der Waals surface area contributed by atoms with Gasteiger partial charge in [-0.1, -0.05) is 6.42 Å². The Morgan fingerprint density at radius 2 is 1.97 bits per heavy atom. The number of carbonyl (C=O) groups excluding carboxylic acids is 1. The first-order valence-electron chi connectivity index (χ1n) is 9.71. The van der Waals surface area contributed by atoms with Crippen LogP contribution in [0.1, 0.15) is 35.4 Å². The van der Waals surface area contributed by atoms with Gasteiger partial charge in [0.1, 0.15) is 11.5 Å². The lowest BCUT2D eigenvalue weighted by Crippen LogP contribution is -2.39. The summed E-state index contributed by atoms with van der Waals surface area (Å²) < 4.78 is 15.7. The number of imidazole rings is 1. The Hall–Kier alpha value is -3.07. The molecule has 1 amide bonds. The maximum Gasteiger partial charge on any atom is 0.275 e. The van der Waals surface area contributed by atoms with Crippen molar-refractivity contribution in [2.24, 2.45) is 0 Å². The van der Waals surface area contributed by atoms with E-state index in [4.69, 9.17) is 0 Å². The van der Waals surface area contributed by atoms with Crippen LogP contribution < -0.4 is 10.2 Å². The Balaban J connectivity index is 1.48. The second kappa shape index (κ2) is 8.12. The molecule has 0 unspecified atom stereocenters. The fourth-order valence-corrected chi connectivity index (χ4v) is 3.53. The van der Waals surface area contributed by atoms with Crippen LogP contribution in [0.3, 0.4) is 0 Å². The lowest BCUT2D eigenvalue weighted by atomic mass is 10.2. The molecule has 0 radical (unpaired) electrons. The number of pyridine rings is 1. The Bertz CT molecular complexity index is 1020. The molecule has 4 rings (SSSR count). The summed E-state index contributed by atoms with van der Waals surface area (Å²) in [7, 11) is 2.09. The molecule has 1 fully saturated rings. The van der Waals surface area contributed by atoms with E-state index in [9.17, 15) is 9.18 Å². The van der Waals surface area contributed by atoms with E-state index in [1.165, 1.54) is 25.1 Å². The number of carbonyl (C=O) groups is 1. The van der Waals surface area contributed by atoms with Gasteiger partial charge in [0.2, 0.25) is 0 Å². The first kappa shape index (κ1) is 19.3. The van der Waals surface area contributed by atoms with Crippen LogP contribution in [-0.4, -0.2) is 57.0 Å². The van der Waals surface area contributed by atoms with Gasteiger partial charge in [-0.15, -0.1) is 0 Å². The van der Waals surface area contributed by atoms with Crippen molar-refractivity contribution in [1.82, 2.24) is 24.3 Å². The second-order valence-corrected chi connectivity index (χ2v) is 7.45. The number of aryl methyl sites for hydroxylation is 1. The van der Waals surface area contributed by atoms with Gasteiger partial charge < -0.3 is 14.6 Å². The Morgan fingerprint density at radius 1 is 1.14 bits per heavy atom. The minimum absolute atomic E-state index is 0.177. The molecule has 0 bridgehead atoms. The van der Waals surface area contributed by atoms with Crippen LogP contribution in [0, 0.1) is 12.7 Å². The van der Waals surface area contributed by atoms with Crippen molar-refractivity contribution >= 4 is 23.1 Å². The molecule has 8 nitrogen and oxygen atoms in total. The van der Waals surface area contributed by atoms with Crippen LogP contribution in [0.2, 0.25) is 0 Å². The van der Waals surface area contributed by atoms with Gasteiger partial charge in [-0.3, -0.25) is 9.69 Å². The zero-order valence-electron chi connectivity index (χ0n) is 16.6. The fraction of sp³-hybridized carbons (Fsp3) is 0.400. The summed E-state index contributed by atoms with van der Waals surface area (Å²) in [6, 6.07) is 1.25. The standard InChI is InChI=1S/C20H24FN7O/c1-14-11-28-12-15(8-16(21)19(28)24-14)25-20(29)17-9-23-18(10-22-17)27-7-5-3-4-6-26(2)13-27/h8-12H,3-7,13H2,1-2H3,(H,25,29). The summed E-state index contributed by atoms with van der Waals surface area (Å²) >= 11 is 0. The topological polar surface area (TPSA) is 78.7 Å². The first-order chi connectivity index (χ1) is 14.0. The second-order valence-electron chi connectivity index (χ2n) is 7.45. The zero-order chi connectivity index (χ0) is 20.4. The molecule has 0 aliphatic carbocycles. The molecule has 29 heavy (non-hydrogen) atoms. The van der Waals surface area contributed by atoms with Crippen LogP contribution in [0.4, 0.5) is 15.9 Å². The summed E-state index contributed by atoms with van der Waals surface area (Å²) in [4.78, 5) is 29.8. The quantitative estimate of drug-likeness (QED) is 0.732. The third kappa shape index (κ3) is 4.34. The molecule has 1 N–H and O–H groups in total. The van der Waals surface area contributed by atoms with Gasteiger partial charge in [0, 0.05) is 25.0 Å². The number of anilines is 2. The van der Waals surface area contributed by atoms with Crippen molar-refractivity contribution in [3.8, 4) is 0 Å². The van der Waals surface area contributed by atoms with Crippen molar-refractivity contribution in [3.63, 3.8) is 0 Å². The number of hydrogen-bond acceptors (Lipinski definition) is 6. The Kier molecular flexibility index (Phi) is 5.39. The average Bonchev–Trinajstić information content (AvgIpc) is 3.05. The molecule has 0 saturated carbocycles. The number of nitrogens with one attached hydrogen (secondary N) is 1. The van der Waals surface area contributed by atoms with E-state index >= 15 is 0 Å². The van der Waals surface area contributed by atoms with Gasteiger partial charge in [0.15, 0.2) is 11.5 Å². The van der Waals surface area contributed by atoms with Gasteiger partial charge in [-0.05, 0) is 33.4 Å². The van der Waals surface area contributed by atoms with Gasteiger partial charge in [-0.2, -0.15) is 0 Å². The lowest BCUT2D eigenvalue weighted by Gasteiger charge is -2.31. The molecule has 1 saturated heterocycles. The highest BCUT2D eigenvalue weighted by Crippen LogP contribution is 2.18. The number of fused-ring (bicyclic) bond motifs is 1. The van der Waals surface area contributed by atoms with Gasteiger partial charge in [0.05, 0.1) is 30.4 Å². The maximum atomic E-state index is 14.2. The van der Waals surface area contributed by atoms with Crippen molar-refractivity contribution in [2.45, 2.75) is 26.2 Å². The van der Waals surface area contributed by atoms with E-state index in [1.54, 1.807) is 29.9 Å². The molecular formula is C20H24FN7O. The summed E-state index contributed by atoms with van der Waals surface area (Å²) in [5, 5.41) is 2.67. The van der Waals surface area contributed by atoms with E-state index < -0.39 is 11.7 Å². The molecule has 0 atom stereocenters. The van der Waals surface area contributed by atoms with Crippen LogP contribution >= 0.6 is 0 Å². The number of aromatic nitrogens is 4. The number of hydrogen-bond donors (Lipinski definition) is 1. The minimum Gasteiger partial charge on any atom is -0.342 e. The average molecular weight is 397 g/mol. The fourth-order valence-electron chi connectivity index (χ4n) is 3.53. The molecule has 1 aliphatic heterocycles. The van der Waals surface area contributed by atoms with E-state index in [0.29, 0.717) is 11.4 Å². The summed E-state index contributed by atoms with van der Waals surface area (Å²) in [5.41, 5.74) is 1.43. The molecular weight excluding hydrogens is 373 g/mol. The van der Waals surface area contributed by atoms with Crippen LogP contribution in [0.15, 0.2) is 30.9 Å². The SMILES string of the molecule is Cc1cn2cc(NC(=O)c3cnc(N4CCCCCN(C)C4)cn3)cc(F)c2n1. The van der Waals surface area contributed by atoms with Crippen LogP contribution in [-0.2, 0) is 0 Å². The maximum absolute atomic E-state index is 14.2. The monoisotopic (exact) mass is 397 g/mol.